The minimum absolute atomic E-state index is 0.200. The van der Waals surface area contributed by atoms with Crippen LogP contribution in [0.2, 0.25) is 0 Å². The van der Waals surface area contributed by atoms with Crippen LogP contribution >= 0.6 is 0 Å². The number of hydrogen-bond donors (Lipinski definition) is 0. The molecule has 296 valence electrons. The minimum Gasteiger partial charge on any atom is -0.314 e. The summed E-state index contributed by atoms with van der Waals surface area (Å²) >= 11 is 0. The topological polar surface area (TPSA) is 6.48 Å². The second-order valence-electron chi connectivity index (χ2n) is 17.6. The van der Waals surface area contributed by atoms with Gasteiger partial charge in [-0.15, -0.1) is 0 Å². The molecule has 3 atom stereocenters. The zero-order chi connectivity index (χ0) is 41.4. The Hall–Kier alpha value is -7.42. The Balaban J connectivity index is 0.881. The second kappa shape index (κ2) is 14.4. The van der Waals surface area contributed by atoms with Crippen LogP contribution in [0.4, 0.5) is 22.7 Å². The standard InChI is InChI=1S/C60H46N2/c1-40-12-11-16-50(38-40)61(48-34-26-44(27-35-48)55-39-46-15-4-6-17-51(46)53-19-8-9-20-54(53)55)47-30-22-41(23-31-47)42-24-32-49(33-25-42)62-57-36-28-43-13-3-7-18-52(43)59(57)60(2)56-21-10-5-14-45(56)29-37-58(60)62/h3-37,39-40,56H,38H2,1-2H3. The fraction of sp³-hybridized carbons (Fsp3) is 0.100. The van der Waals surface area contributed by atoms with Crippen molar-refractivity contribution in [3.05, 3.63) is 241 Å². The molecule has 0 amide bonds. The molecule has 0 saturated heterocycles. The van der Waals surface area contributed by atoms with Gasteiger partial charge in [-0.1, -0.05) is 165 Å². The Labute approximate surface area is 364 Å². The molecule has 0 N–H and O–H groups in total. The number of nitrogens with zero attached hydrogens (tertiary/aromatic N) is 2. The summed E-state index contributed by atoms with van der Waals surface area (Å²) in [7, 11) is 0. The number of fused-ring (bicyclic) bond motifs is 10. The van der Waals surface area contributed by atoms with E-state index in [1.165, 1.54) is 88.5 Å². The first-order valence-electron chi connectivity index (χ1n) is 22.0. The molecule has 4 aliphatic rings. The lowest BCUT2D eigenvalue weighted by molar-refractivity contribution is 0.468. The van der Waals surface area contributed by atoms with E-state index in [0.29, 0.717) is 5.92 Å². The predicted molar refractivity (Wildman–Crippen MR) is 263 cm³/mol. The van der Waals surface area contributed by atoms with Gasteiger partial charge < -0.3 is 9.80 Å². The third kappa shape index (κ3) is 5.71. The zero-order valence-corrected chi connectivity index (χ0v) is 35.0. The van der Waals surface area contributed by atoms with Crippen molar-refractivity contribution in [1.82, 2.24) is 0 Å². The van der Waals surface area contributed by atoms with Gasteiger partial charge in [-0.05, 0) is 146 Å². The highest BCUT2D eigenvalue weighted by molar-refractivity contribution is 6.13. The average Bonchev–Trinajstić information content (AvgIpc) is 3.61. The molecule has 1 heterocycles. The maximum atomic E-state index is 2.51. The molecule has 62 heavy (non-hydrogen) atoms. The Morgan fingerprint density at radius 1 is 0.548 bits per heavy atom. The van der Waals surface area contributed by atoms with E-state index in [0.717, 1.165) is 17.8 Å². The molecule has 0 aromatic heterocycles. The lowest BCUT2D eigenvalue weighted by Gasteiger charge is -2.40. The van der Waals surface area contributed by atoms with Crippen molar-refractivity contribution < 1.29 is 0 Å². The molecule has 1 aliphatic heterocycles. The van der Waals surface area contributed by atoms with Crippen LogP contribution in [0.25, 0.3) is 54.6 Å². The monoisotopic (exact) mass is 794 g/mol. The van der Waals surface area contributed by atoms with Crippen LogP contribution in [0.5, 0.6) is 0 Å². The van der Waals surface area contributed by atoms with Gasteiger partial charge in [0.25, 0.3) is 0 Å². The SMILES string of the molecule is CC1C=CC=C(N(c2ccc(-c3ccc(N4C5=CC=C6C=CC=CC6C5(C)c5c4ccc4ccccc54)cc3)cc2)c2ccc(-c3cc4ccccc4c4ccccc34)cc2)C1. The average molecular weight is 795 g/mol. The molecule has 8 aromatic carbocycles. The Bertz CT molecular complexity index is 3280. The van der Waals surface area contributed by atoms with E-state index < -0.39 is 0 Å². The maximum Gasteiger partial charge on any atom is 0.0507 e. The largest absolute Gasteiger partial charge is 0.314 e. The first-order valence-corrected chi connectivity index (χ1v) is 22.0. The van der Waals surface area contributed by atoms with Gasteiger partial charge in [-0.2, -0.15) is 0 Å². The van der Waals surface area contributed by atoms with Gasteiger partial charge in [-0.3, -0.25) is 0 Å². The molecule has 3 unspecified atom stereocenters. The molecule has 3 aliphatic carbocycles. The van der Waals surface area contributed by atoms with E-state index in [4.69, 9.17) is 0 Å². The molecular formula is C60H46N2. The van der Waals surface area contributed by atoms with E-state index in [-0.39, 0.29) is 11.3 Å². The van der Waals surface area contributed by atoms with Crippen molar-refractivity contribution in [2.75, 3.05) is 9.80 Å². The van der Waals surface area contributed by atoms with Crippen LogP contribution in [0.1, 0.15) is 25.8 Å². The second-order valence-corrected chi connectivity index (χ2v) is 17.6. The van der Waals surface area contributed by atoms with Gasteiger partial charge >= 0.3 is 0 Å². The summed E-state index contributed by atoms with van der Waals surface area (Å²) in [6.07, 6.45) is 21.5. The molecule has 12 rings (SSSR count). The van der Waals surface area contributed by atoms with Crippen LogP contribution in [0, 0.1) is 11.8 Å². The van der Waals surface area contributed by atoms with Gasteiger partial charge in [-0.25, -0.2) is 0 Å². The molecule has 0 fully saturated rings. The number of hydrogen-bond acceptors (Lipinski definition) is 2. The fourth-order valence-electron chi connectivity index (χ4n) is 10.9. The maximum absolute atomic E-state index is 2.51. The highest BCUT2D eigenvalue weighted by Crippen LogP contribution is 2.60. The van der Waals surface area contributed by atoms with Gasteiger partial charge in [0.2, 0.25) is 0 Å². The van der Waals surface area contributed by atoms with Crippen LogP contribution in [-0.2, 0) is 5.41 Å². The molecule has 0 bridgehead atoms. The minimum atomic E-state index is -0.200. The number of benzene rings is 8. The van der Waals surface area contributed by atoms with E-state index in [1.807, 2.05) is 0 Å². The highest BCUT2D eigenvalue weighted by atomic mass is 15.2. The predicted octanol–water partition coefficient (Wildman–Crippen LogP) is 16.1. The number of anilines is 4. The number of rotatable bonds is 6. The molecule has 2 heteroatoms. The molecular weight excluding hydrogens is 749 g/mol. The van der Waals surface area contributed by atoms with E-state index >= 15 is 0 Å². The Morgan fingerprint density at radius 3 is 1.94 bits per heavy atom. The normalized spacial score (nSPS) is 19.8. The first kappa shape index (κ1) is 36.4. The summed E-state index contributed by atoms with van der Waals surface area (Å²) in [6, 6.07) is 60.8. The molecule has 0 spiro atoms. The third-order valence-corrected chi connectivity index (χ3v) is 13.9. The fourth-order valence-corrected chi connectivity index (χ4v) is 10.9. The van der Waals surface area contributed by atoms with Crippen LogP contribution in [-0.4, -0.2) is 0 Å². The van der Waals surface area contributed by atoms with Crippen molar-refractivity contribution in [2.24, 2.45) is 11.8 Å². The molecule has 0 radical (unpaired) electrons. The summed E-state index contributed by atoms with van der Waals surface area (Å²) < 4.78 is 0. The van der Waals surface area contributed by atoms with Crippen molar-refractivity contribution in [2.45, 2.75) is 25.7 Å². The highest BCUT2D eigenvalue weighted by Gasteiger charge is 2.51. The molecule has 8 aromatic rings. The Kier molecular flexibility index (Phi) is 8.44. The smallest absolute Gasteiger partial charge is 0.0507 e. The molecule has 2 nitrogen and oxygen atoms in total. The lowest BCUT2D eigenvalue weighted by atomic mass is 9.64. The van der Waals surface area contributed by atoms with Crippen molar-refractivity contribution in [1.29, 1.82) is 0 Å². The van der Waals surface area contributed by atoms with Gasteiger partial charge in [0, 0.05) is 39.8 Å². The zero-order valence-electron chi connectivity index (χ0n) is 35.0. The molecule has 0 saturated carbocycles. The van der Waals surface area contributed by atoms with Crippen molar-refractivity contribution >= 4 is 55.1 Å². The summed E-state index contributed by atoms with van der Waals surface area (Å²) in [5.74, 6) is 0.738. The summed E-state index contributed by atoms with van der Waals surface area (Å²) in [6.45, 7) is 4.75. The lowest BCUT2D eigenvalue weighted by Crippen LogP contribution is -2.36. The first-order chi connectivity index (χ1) is 30.5. The summed E-state index contributed by atoms with van der Waals surface area (Å²) in [5, 5.41) is 7.75. The Morgan fingerprint density at radius 2 is 1.19 bits per heavy atom. The quantitative estimate of drug-likeness (QED) is 0.155. The van der Waals surface area contributed by atoms with Crippen molar-refractivity contribution in [3.63, 3.8) is 0 Å². The van der Waals surface area contributed by atoms with E-state index in [9.17, 15) is 0 Å². The van der Waals surface area contributed by atoms with Gasteiger partial charge in [0.15, 0.2) is 0 Å². The van der Waals surface area contributed by atoms with Crippen LogP contribution < -0.4 is 9.80 Å². The summed E-state index contributed by atoms with van der Waals surface area (Å²) in [5.41, 5.74) is 14.9. The van der Waals surface area contributed by atoms with E-state index in [1.54, 1.807) is 0 Å². The van der Waals surface area contributed by atoms with E-state index in [2.05, 4.69) is 242 Å². The van der Waals surface area contributed by atoms with Gasteiger partial charge in [0.05, 0.1) is 5.69 Å². The summed E-state index contributed by atoms with van der Waals surface area (Å²) in [4.78, 5) is 4.95. The van der Waals surface area contributed by atoms with Crippen molar-refractivity contribution in [3.8, 4) is 22.3 Å². The third-order valence-electron chi connectivity index (χ3n) is 13.9. The van der Waals surface area contributed by atoms with Crippen LogP contribution in [0.3, 0.4) is 0 Å². The van der Waals surface area contributed by atoms with Crippen LogP contribution in [0.15, 0.2) is 235 Å². The number of allylic oxidation sites excluding steroid dienone is 12. The van der Waals surface area contributed by atoms with Gasteiger partial charge in [0.1, 0.15) is 0 Å².